The maximum Gasteiger partial charge on any atom is 0.336 e. The van der Waals surface area contributed by atoms with Crippen molar-refractivity contribution in [2.45, 2.75) is 57.3 Å². The lowest BCUT2D eigenvalue weighted by Crippen LogP contribution is -2.38. The summed E-state index contributed by atoms with van der Waals surface area (Å²) in [4.78, 5) is 18.3. The minimum Gasteiger partial charge on any atom is -0.478 e. The van der Waals surface area contributed by atoms with Gasteiger partial charge in [0.1, 0.15) is 17.0 Å². The van der Waals surface area contributed by atoms with Crippen LogP contribution in [0.4, 0.5) is 9.52 Å². The highest BCUT2D eigenvalue weighted by atomic mass is 35.5. The third-order valence-electron chi connectivity index (χ3n) is 8.22. The summed E-state index contributed by atoms with van der Waals surface area (Å²) in [6, 6.07) is 7.14. The van der Waals surface area contributed by atoms with Crippen LogP contribution in [0.5, 0.6) is 0 Å². The molecule has 0 radical (unpaired) electrons. The number of anilines is 1. The first kappa shape index (κ1) is 25.3. The molecule has 11 heteroatoms. The molecule has 1 N–H and O–H groups in total. The quantitative estimate of drug-likeness (QED) is 0.240. The molecule has 1 saturated heterocycles. The second-order valence-electron chi connectivity index (χ2n) is 10.6. The zero-order chi connectivity index (χ0) is 27.0. The van der Waals surface area contributed by atoms with E-state index in [-0.39, 0.29) is 28.8 Å². The van der Waals surface area contributed by atoms with Crippen LogP contribution in [0.3, 0.4) is 0 Å². The summed E-state index contributed by atoms with van der Waals surface area (Å²) < 4.78 is 27.7. The van der Waals surface area contributed by atoms with Crippen molar-refractivity contribution in [1.29, 1.82) is 0 Å². The molecule has 0 spiro atoms. The Kier molecular flexibility index (Phi) is 6.11. The fourth-order valence-electron chi connectivity index (χ4n) is 6.04. The fraction of sp³-hybridized carbons (Fsp3) is 0.393. The van der Waals surface area contributed by atoms with E-state index < -0.39 is 11.8 Å². The monoisotopic (exact) mass is 587 g/mol. The maximum absolute atomic E-state index is 14.9. The van der Waals surface area contributed by atoms with Gasteiger partial charge in [0, 0.05) is 41.1 Å². The van der Waals surface area contributed by atoms with E-state index >= 15 is 0 Å². The molecule has 2 aliphatic carbocycles. The van der Waals surface area contributed by atoms with E-state index in [9.17, 15) is 14.3 Å². The largest absolute Gasteiger partial charge is 0.478 e. The van der Waals surface area contributed by atoms with Gasteiger partial charge in [-0.05, 0) is 50.8 Å². The number of aromatic carboxylic acids is 1. The molecule has 2 aromatic carbocycles. The Morgan fingerprint density at radius 1 is 1.28 bits per heavy atom. The van der Waals surface area contributed by atoms with Crippen molar-refractivity contribution in [2.75, 3.05) is 11.4 Å². The van der Waals surface area contributed by atoms with Crippen LogP contribution in [0.1, 0.15) is 58.8 Å². The van der Waals surface area contributed by atoms with Crippen molar-refractivity contribution in [3.63, 3.8) is 0 Å². The summed E-state index contributed by atoms with van der Waals surface area (Å²) in [7, 11) is 0. The van der Waals surface area contributed by atoms with Crippen molar-refractivity contribution >= 4 is 55.9 Å². The van der Waals surface area contributed by atoms with Gasteiger partial charge in [-0.15, -0.1) is 0 Å². The normalized spacial score (nSPS) is 22.4. The third kappa shape index (κ3) is 4.22. The first-order chi connectivity index (χ1) is 18.8. The molecule has 1 aliphatic heterocycles. The van der Waals surface area contributed by atoms with Gasteiger partial charge in [0.05, 0.1) is 33.0 Å². The number of carboxylic acid groups (broad SMARTS) is 1. The highest BCUT2D eigenvalue weighted by molar-refractivity contribution is 7.22. The van der Waals surface area contributed by atoms with E-state index in [0.29, 0.717) is 44.4 Å². The lowest BCUT2D eigenvalue weighted by atomic mass is 10.0. The molecule has 0 unspecified atom stereocenters. The second kappa shape index (κ2) is 9.44. The van der Waals surface area contributed by atoms with E-state index in [0.717, 1.165) is 48.7 Å². The van der Waals surface area contributed by atoms with Crippen LogP contribution in [0.25, 0.3) is 21.5 Å². The van der Waals surface area contributed by atoms with Crippen molar-refractivity contribution in [2.24, 2.45) is 5.92 Å². The SMILES string of the molecule is Cc1c(C(=O)O)cc2sc(N3C[C@@H]4C[C@H]3C[C@@H]4OCc3c(-c4c(Cl)cccc4Cl)noc3C3CC3)nc2c1F. The minimum atomic E-state index is -1.14. The molecule has 2 aromatic heterocycles. The van der Waals surface area contributed by atoms with Gasteiger partial charge in [-0.25, -0.2) is 14.2 Å². The smallest absolute Gasteiger partial charge is 0.336 e. The number of ether oxygens (including phenoxy) is 1. The average molecular weight is 588 g/mol. The van der Waals surface area contributed by atoms with Crippen molar-refractivity contribution in [3.05, 3.63) is 62.6 Å². The summed E-state index contributed by atoms with van der Waals surface area (Å²) in [6.45, 7) is 2.60. The highest BCUT2D eigenvalue weighted by Crippen LogP contribution is 2.48. The molecule has 2 bridgehead atoms. The van der Waals surface area contributed by atoms with E-state index in [1.807, 2.05) is 0 Å². The summed E-state index contributed by atoms with van der Waals surface area (Å²) in [5, 5.41) is 15.6. The van der Waals surface area contributed by atoms with Crippen molar-refractivity contribution in [1.82, 2.24) is 10.1 Å². The fourth-order valence-corrected chi connectivity index (χ4v) is 7.70. The number of halogens is 3. The Balaban J connectivity index is 1.10. The van der Waals surface area contributed by atoms with Crippen LogP contribution in [-0.2, 0) is 11.3 Å². The Bertz CT molecular complexity index is 1610. The van der Waals surface area contributed by atoms with E-state index in [4.69, 9.17) is 32.5 Å². The Hall–Kier alpha value is -2.72. The Labute approximate surface area is 237 Å². The summed E-state index contributed by atoms with van der Waals surface area (Å²) in [5.41, 5.74) is 2.55. The first-order valence-electron chi connectivity index (χ1n) is 12.9. The zero-order valence-electron chi connectivity index (χ0n) is 20.9. The van der Waals surface area contributed by atoms with E-state index in [2.05, 4.69) is 15.0 Å². The highest BCUT2D eigenvalue weighted by Gasteiger charge is 2.46. The molecule has 3 atom stereocenters. The number of hydrogen-bond acceptors (Lipinski definition) is 7. The van der Waals surface area contributed by atoms with Gasteiger partial charge >= 0.3 is 5.97 Å². The number of benzene rings is 2. The number of nitrogens with zero attached hydrogens (tertiary/aromatic N) is 3. The molecule has 7 nitrogen and oxygen atoms in total. The predicted molar refractivity (Wildman–Crippen MR) is 148 cm³/mol. The molecule has 3 heterocycles. The summed E-state index contributed by atoms with van der Waals surface area (Å²) >= 11 is 14.3. The molecular formula is C28H24Cl2FN3O4S. The molecule has 4 aromatic rings. The van der Waals surface area contributed by atoms with E-state index in [1.165, 1.54) is 24.3 Å². The molecule has 3 fully saturated rings. The molecule has 3 aliphatic rings. The van der Waals surface area contributed by atoms with Crippen LogP contribution < -0.4 is 4.90 Å². The average Bonchev–Trinajstić information content (AvgIpc) is 3.22. The van der Waals surface area contributed by atoms with Gasteiger partial charge in [0.25, 0.3) is 0 Å². The number of carbonyl (C=O) groups is 1. The molecular weight excluding hydrogens is 564 g/mol. The van der Waals surface area contributed by atoms with Crippen LogP contribution >= 0.6 is 34.5 Å². The molecule has 2 saturated carbocycles. The van der Waals surface area contributed by atoms with Crippen LogP contribution in [0, 0.1) is 18.7 Å². The Morgan fingerprint density at radius 2 is 2.05 bits per heavy atom. The number of rotatable bonds is 7. The van der Waals surface area contributed by atoms with Gasteiger partial charge in [0.2, 0.25) is 0 Å². The number of fused-ring (bicyclic) bond motifs is 3. The van der Waals surface area contributed by atoms with Gasteiger partial charge in [-0.3, -0.25) is 0 Å². The van der Waals surface area contributed by atoms with Crippen LogP contribution in [0.2, 0.25) is 10.0 Å². The maximum atomic E-state index is 14.9. The van der Waals surface area contributed by atoms with Crippen LogP contribution in [0.15, 0.2) is 28.8 Å². The topological polar surface area (TPSA) is 88.7 Å². The van der Waals surface area contributed by atoms with Crippen LogP contribution in [-0.4, -0.2) is 39.9 Å². The lowest BCUT2D eigenvalue weighted by Gasteiger charge is -2.31. The number of hydrogen-bond donors (Lipinski definition) is 1. The van der Waals surface area contributed by atoms with Gasteiger partial charge in [0.15, 0.2) is 10.9 Å². The second-order valence-corrected chi connectivity index (χ2v) is 12.5. The number of aromatic nitrogens is 2. The first-order valence-corrected chi connectivity index (χ1v) is 14.5. The van der Waals surface area contributed by atoms with Crippen molar-refractivity contribution < 1.29 is 23.6 Å². The standard InChI is InChI=1S/C28H24Cl2FN3O4S/c1-12-16(27(35)36)9-21-25(23(12)31)32-28(39-21)34-10-14-7-15(34)8-20(14)37-11-17-24(33-38-26(17)13-5-6-13)22-18(29)3-2-4-19(22)30/h2-4,9,13-15,20H,5-8,10-11H2,1H3,(H,35,36)/t14-,15-,20-/m0/s1. The lowest BCUT2D eigenvalue weighted by molar-refractivity contribution is 0.0122. The summed E-state index contributed by atoms with van der Waals surface area (Å²) in [5.74, 6) is -0.182. The predicted octanol–water partition coefficient (Wildman–Crippen LogP) is 7.47. The molecule has 202 valence electrons. The van der Waals surface area contributed by atoms with E-state index in [1.54, 1.807) is 18.2 Å². The third-order valence-corrected chi connectivity index (χ3v) is 9.89. The molecule has 0 amide bonds. The molecule has 7 rings (SSSR count). The number of thiazole rings is 1. The number of carboxylic acids is 1. The van der Waals surface area contributed by atoms with Gasteiger partial charge < -0.3 is 19.3 Å². The minimum absolute atomic E-state index is 0.0247. The number of piperidine rings is 1. The summed E-state index contributed by atoms with van der Waals surface area (Å²) in [6.07, 6.45) is 3.99. The zero-order valence-corrected chi connectivity index (χ0v) is 23.2. The van der Waals surface area contributed by atoms with Gasteiger partial charge in [-0.2, -0.15) is 0 Å². The van der Waals surface area contributed by atoms with Crippen molar-refractivity contribution in [3.8, 4) is 11.3 Å². The molecule has 39 heavy (non-hydrogen) atoms. The Morgan fingerprint density at radius 3 is 2.72 bits per heavy atom. The van der Waals surface area contributed by atoms with Gasteiger partial charge in [-0.1, -0.05) is 45.8 Å².